The molecule has 2 radical (unpaired) electrons. The summed E-state index contributed by atoms with van der Waals surface area (Å²) in [6, 6.07) is 1.99. The van der Waals surface area contributed by atoms with Crippen LogP contribution in [0.2, 0.25) is 0 Å². The Hall–Kier alpha value is -2.69. The highest BCUT2D eigenvalue weighted by Gasteiger charge is 2.21. The van der Waals surface area contributed by atoms with Gasteiger partial charge in [-0.05, 0) is 27.7 Å². The van der Waals surface area contributed by atoms with E-state index in [1.165, 1.54) is 0 Å². The number of hydrogen-bond donors (Lipinski definition) is 0. The van der Waals surface area contributed by atoms with Gasteiger partial charge >= 0.3 is 8.05 Å². The van der Waals surface area contributed by atoms with Crippen molar-refractivity contribution in [2.24, 2.45) is 0 Å². The van der Waals surface area contributed by atoms with Crippen LogP contribution in [0.1, 0.15) is 34.6 Å². The first-order valence-corrected chi connectivity index (χ1v) is 6.11. The molecule has 0 aliphatic heterocycles. The Kier molecular flexibility index (Phi) is 4.03. The first-order chi connectivity index (χ1) is 9.97. The third-order valence-electron chi connectivity index (χ3n) is 2.88. The molecule has 21 heavy (non-hydrogen) atoms. The zero-order valence-corrected chi connectivity index (χ0v) is 12.1. The molecule has 0 aliphatic rings. The highest BCUT2D eigenvalue weighted by atomic mass is 16.4. The molecule has 0 aliphatic carbocycles. The minimum absolute atomic E-state index is 0.0502. The topological polar surface area (TPSA) is 97.7 Å². The zero-order valence-electron chi connectivity index (χ0n) is 12.1. The van der Waals surface area contributed by atoms with E-state index in [-0.39, 0.29) is 17.2 Å². The van der Waals surface area contributed by atoms with E-state index < -0.39 is 0 Å². The molecular weight excluding hydrogens is 269 g/mol. The van der Waals surface area contributed by atoms with Crippen LogP contribution in [-0.4, -0.2) is 28.2 Å². The van der Waals surface area contributed by atoms with Gasteiger partial charge in [0.25, 0.3) is 0 Å². The van der Waals surface area contributed by atoms with E-state index in [1.54, 1.807) is 27.7 Å². The number of nitrogens with zero attached hydrogens (tertiary/aromatic N) is 5. The van der Waals surface area contributed by atoms with Gasteiger partial charge in [0.1, 0.15) is 23.3 Å². The van der Waals surface area contributed by atoms with Crippen LogP contribution in [0.3, 0.4) is 0 Å². The van der Waals surface area contributed by atoms with Crippen molar-refractivity contribution < 1.29 is 9.07 Å². The lowest BCUT2D eigenvalue weighted by molar-refractivity contribution is 0.508. The normalized spacial score (nSPS) is 11.8. The van der Waals surface area contributed by atoms with Gasteiger partial charge in [-0.1, -0.05) is 0 Å². The second kappa shape index (κ2) is 5.75. The highest BCUT2D eigenvalue weighted by molar-refractivity contribution is 6.05. The average molecular weight is 281 g/mol. The molecule has 2 rings (SSSR count). The SMILES string of the molecule is [B]OC(=C(C#N)c1nc(C)c(C)o1)c1nc(C)nnc1C. The van der Waals surface area contributed by atoms with Crippen molar-refractivity contribution in [3.63, 3.8) is 0 Å². The second-order valence-electron chi connectivity index (χ2n) is 4.39. The Labute approximate surface area is 123 Å². The Morgan fingerprint density at radius 3 is 2.38 bits per heavy atom. The van der Waals surface area contributed by atoms with E-state index >= 15 is 0 Å². The van der Waals surface area contributed by atoms with Crippen LogP contribution in [0.5, 0.6) is 0 Å². The van der Waals surface area contributed by atoms with Gasteiger partial charge in [0.2, 0.25) is 5.89 Å². The number of nitriles is 1. The molecule has 0 amide bonds. The predicted octanol–water partition coefficient (Wildman–Crippen LogP) is 1.59. The van der Waals surface area contributed by atoms with E-state index in [9.17, 15) is 5.26 Å². The minimum Gasteiger partial charge on any atom is -0.565 e. The summed E-state index contributed by atoms with van der Waals surface area (Å²) in [5, 5.41) is 17.2. The number of oxazole rings is 1. The van der Waals surface area contributed by atoms with E-state index in [1.807, 2.05) is 6.07 Å². The Bertz CT molecular complexity index is 741. The van der Waals surface area contributed by atoms with Crippen LogP contribution in [0.4, 0.5) is 0 Å². The van der Waals surface area contributed by atoms with E-state index in [0.29, 0.717) is 28.7 Å². The fraction of sp³-hybridized carbons (Fsp3) is 0.308. The number of hydrogen-bond acceptors (Lipinski definition) is 7. The summed E-state index contributed by atoms with van der Waals surface area (Å²) in [4.78, 5) is 8.39. The Morgan fingerprint density at radius 1 is 1.14 bits per heavy atom. The molecule has 2 heterocycles. The third-order valence-corrected chi connectivity index (χ3v) is 2.88. The maximum absolute atomic E-state index is 9.40. The third kappa shape index (κ3) is 2.77. The number of allylic oxidation sites excluding steroid dienone is 1. The summed E-state index contributed by atoms with van der Waals surface area (Å²) < 4.78 is 10.3. The maximum atomic E-state index is 9.40. The molecule has 0 saturated heterocycles. The average Bonchev–Trinajstić information content (AvgIpc) is 2.78. The molecule has 0 bridgehead atoms. The molecule has 0 aromatic carbocycles. The van der Waals surface area contributed by atoms with Crippen LogP contribution in [0.25, 0.3) is 11.3 Å². The van der Waals surface area contributed by atoms with Crippen LogP contribution in [0.15, 0.2) is 4.42 Å². The summed E-state index contributed by atoms with van der Waals surface area (Å²) >= 11 is 0. The molecular formula is C13H12BN5O2. The molecule has 104 valence electrons. The molecule has 0 saturated carbocycles. The fourth-order valence-electron chi connectivity index (χ4n) is 1.68. The van der Waals surface area contributed by atoms with E-state index in [0.717, 1.165) is 0 Å². The summed E-state index contributed by atoms with van der Waals surface area (Å²) in [5.41, 5.74) is 1.54. The number of aromatic nitrogens is 4. The fourth-order valence-corrected chi connectivity index (χ4v) is 1.68. The molecule has 0 unspecified atom stereocenters. The molecule has 0 atom stereocenters. The monoisotopic (exact) mass is 281 g/mol. The van der Waals surface area contributed by atoms with E-state index in [2.05, 4.69) is 20.2 Å². The van der Waals surface area contributed by atoms with Crippen molar-refractivity contribution in [3.05, 3.63) is 34.6 Å². The predicted molar refractivity (Wildman–Crippen MR) is 74.5 cm³/mol. The molecule has 8 heteroatoms. The van der Waals surface area contributed by atoms with Gasteiger partial charge in [-0.25, -0.2) is 9.97 Å². The van der Waals surface area contributed by atoms with Crippen molar-refractivity contribution >= 4 is 19.4 Å². The van der Waals surface area contributed by atoms with Gasteiger partial charge in [0, 0.05) is 0 Å². The van der Waals surface area contributed by atoms with Crippen molar-refractivity contribution in [3.8, 4) is 6.07 Å². The highest BCUT2D eigenvalue weighted by Crippen LogP contribution is 2.27. The van der Waals surface area contributed by atoms with Gasteiger partial charge in [0.15, 0.2) is 11.3 Å². The second-order valence-corrected chi connectivity index (χ2v) is 4.39. The van der Waals surface area contributed by atoms with Gasteiger partial charge in [-0.2, -0.15) is 10.4 Å². The quantitative estimate of drug-likeness (QED) is 0.478. The lowest BCUT2D eigenvalue weighted by atomic mass is 10.1. The number of aryl methyl sites for hydroxylation is 4. The lowest BCUT2D eigenvalue weighted by Crippen LogP contribution is -2.05. The Balaban J connectivity index is 2.70. The van der Waals surface area contributed by atoms with Crippen LogP contribution in [0, 0.1) is 39.0 Å². The van der Waals surface area contributed by atoms with Gasteiger partial charge in [-0.3, -0.25) is 0 Å². The summed E-state index contributed by atoms with van der Waals surface area (Å²) in [6.45, 7) is 6.90. The van der Waals surface area contributed by atoms with Crippen molar-refractivity contribution in [2.75, 3.05) is 0 Å². The first-order valence-electron chi connectivity index (χ1n) is 6.11. The van der Waals surface area contributed by atoms with Crippen molar-refractivity contribution in [1.82, 2.24) is 20.2 Å². The molecule has 0 spiro atoms. The molecule has 0 fully saturated rings. The maximum Gasteiger partial charge on any atom is 0.374 e. The van der Waals surface area contributed by atoms with Crippen molar-refractivity contribution in [2.45, 2.75) is 27.7 Å². The van der Waals surface area contributed by atoms with Gasteiger partial charge in [0.05, 0.1) is 11.4 Å². The lowest BCUT2D eigenvalue weighted by Gasteiger charge is -2.09. The van der Waals surface area contributed by atoms with Gasteiger partial charge in [-0.15, -0.1) is 5.10 Å². The summed E-state index contributed by atoms with van der Waals surface area (Å²) in [6.07, 6.45) is 0. The van der Waals surface area contributed by atoms with Crippen LogP contribution in [-0.2, 0) is 4.65 Å². The summed E-state index contributed by atoms with van der Waals surface area (Å²) in [5.74, 6) is 1.22. The number of rotatable bonds is 3. The minimum atomic E-state index is 0.0502. The van der Waals surface area contributed by atoms with Gasteiger partial charge < -0.3 is 9.07 Å². The molecule has 2 aromatic heterocycles. The van der Waals surface area contributed by atoms with E-state index in [4.69, 9.17) is 17.1 Å². The Morgan fingerprint density at radius 2 is 1.86 bits per heavy atom. The molecule has 2 aromatic rings. The first kappa shape index (κ1) is 14.7. The molecule has 7 nitrogen and oxygen atoms in total. The molecule has 0 N–H and O–H groups in total. The zero-order chi connectivity index (χ0) is 15.6. The summed E-state index contributed by atoms with van der Waals surface area (Å²) in [7, 11) is 5.32. The van der Waals surface area contributed by atoms with Crippen LogP contribution < -0.4 is 0 Å². The smallest absolute Gasteiger partial charge is 0.374 e. The largest absolute Gasteiger partial charge is 0.565 e. The van der Waals surface area contributed by atoms with Crippen LogP contribution >= 0.6 is 0 Å². The standard InChI is InChI=1S/C13H12BN5O2/c1-6-8(3)20-13(16-6)10(5-15)12(21-14)11-7(2)18-19-9(4)17-11/h1-4H3. The van der Waals surface area contributed by atoms with Crippen molar-refractivity contribution in [1.29, 1.82) is 5.26 Å².